The summed E-state index contributed by atoms with van der Waals surface area (Å²) < 4.78 is 37.6. The maximum Gasteiger partial charge on any atom is 0.311 e. The van der Waals surface area contributed by atoms with E-state index in [0.29, 0.717) is 19.3 Å². The topological polar surface area (TPSA) is 177 Å². The molecule has 0 saturated carbocycles. The molecule has 13 nitrogen and oxygen atoms in total. The van der Waals surface area contributed by atoms with Gasteiger partial charge < -0.3 is 58.9 Å². The largest absolute Gasteiger partial charge is 0.459 e. The molecular weight excluding hydrogens is 650 g/mol. The van der Waals surface area contributed by atoms with Crippen LogP contribution in [0.1, 0.15) is 101 Å². The van der Waals surface area contributed by atoms with Crippen molar-refractivity contribution in [3.8, 4) is 0 Å². The van der Waals surface area contributed by atoms with Crippen LogP contribution in [-0.2, 0) is 33.2 Å². The Hall–Kier alpha value is -0.970. The van der Waals surface area contributed by atoms with E-state index in [1.165, 1.54) is 6.92 Å². The van der Waals surface area contributed by atoms with E-state index in [1.807, 2.05) is 46.7 Å². The van der Waals surface area contributed by atoms with Crippen LogP contribution in [0.25, 0.3) is 0 Å². The molecule has 3 fully saturated rings. The van der Waals surface area contributed by atoms with E-state index in [9.17, 15) is 30.3 Å². The van der Waals surface area contributed by atoms with Crippen LogP contribution >= 0.6 is 0 Å². The summed E-state index contributed by atoms with van der Waals surface area (Å²) in [5.74, 6) is -3.86. The molecule has 3 heterocycles. The zero-order chi connectivity index (χ0) is 38.1. The van der Waals surface area contributed by atoms with Gasteiger partial charge in [-0.25, -0.2) is 0 Å². The van der Waals surface area contributed by atoms with Gasteiger partial charge in [0, 0.05) is 37.8 Å². The van der Waals surface area contributed by atoms with Crippen molar-refractivity contribution in [2.45, 2.75) is 186 Å². The molecule has 3 saturated heterocycles. The van der Waals surface area contributed by atoms with Gasteiger partial charge >= 0.3 is 5.97 Å². The fourth-order valence-corrected chi connectivity index (χ4v) is 8.64. The van der Waals surface area contributed by atoms with Crippen LogP contribution in [0, 0.1) is 23.7 Å². The summed E-state index contributed by atoms with van der Waals surface area (Å²) >= 11 is 0. The first-order valence-corrected chi connectivity index (χ1v) is 18.5. The summed E-state index contributed by atoms with van der Waals surface area (Å²) in [5.41, 5.74) is -4.14. The Kier molecular flexibility index (Phi) is 14.8. The Bertz CT molecular complexity index is 1090. The third-order valence-corrected chi connectivity index (χ3v) is 11.8. The quantitative estimate of drug-likeness (QED) is 0.243. The number of nitrogens with zero attached hydrogens (tertiary/aromatic N) is 1. The summed E-state index contributed by atoms with van der Waals surface area (Å²) in [6.45, 7) is 17.4. The number of cyclic esters (lactones) is 1. The van der Waals surface area contributed by atoms with Crippen LogP contribution in [0.15, 0.2) is 0 Å². The summed E-state index contributed by atoms with van der Waals surface area (Å²) in [6, 6.07) is -0.283. The number of carbonyl (C=O) groups is 1. The standard InChI is InChI=1S/C37H69NO12/c1-14-26-37(10,44)31(41)22(5)28(39)19(2)16-36(9,43)32(50-34-29(40)25(38(11)12)15-20(3)47-34)23(6)30(24(7)33(42)48-26)49-27-18-35(8,45-13)17-21(4)46-27/h19-32,34,39-41,43-44H,14-18H2,1-13H3/t19-,20-,21+,22+,23+,24-,25+,26-,27+,28?,29-,30+,31-,32-,34+,35+,36?,37-/m1/s1. The van der Waals surface area contributed by atoms with Gasteiger partial charge in [0.15, 0.2) is 12.6 Å². The molecule has 0 aromatic carbocycles. The fourth-order valence-electron chi connectivity index (χ4n) is 8.64. The van der Waals surface area contributed by atoms with Gasteiger partial charge in [0.25, 0.3) is 0 Å². The highest BCUT2D eigenvalue weighted by molar-refractivity contribution is 5.73. The summed E-state index contributed by atoms with van der Waals surface area (Å²) in [4.78, 5) is 16.0. The van der Waals surface area contributed by atoms with Gasteiger partial charge in [-0.3, -0.25) is 4.79 Å². The summed E-state index contributed by atoms with van der Waals surface area (Å²) in [7, 11) is 5.39. The third-order valence-electron chi connectivity index (χ3n) is 11.8. The first-order valence-electron chi connectivity index (χ1n) is 18.5. The van der Waals surface area contributed by atoms with Crippen molar-refractivity contribution >= 4 is 5.97 Å². The number of hydrogen-bond donors (Lipinski definition) is 5. The second kappa shape index (κ2) is 17.0. The van der Waals surface area contributed by atoms with Gasteiger partial charge in [-0.1, -0.05) is 27.7 Å². The highest BCUT2D eigenvalue weighted by atomic mass is 16.7. The van der Waals surface area contributed by atoms with Crippen molar-refractivity contribution in [3.63, 3.8) is 0 Å². The minimum Gasteiger partial charge on any atom is -0.459 e. The third kappa shape index (κ3) is 9.76. The SMILES string of the molecule is CC[C@H]1OC(=O)[C@H](C)[C@@H](O[C@H]2C[C@@](C)(OC)C[C@H](C)O2)[C@H](C)[C@@H](O[C@@H]2O[C@H](C)C[C@H](N(C)C)[C@H]2O)C(C)(O)C[C@@H](C)C(O)[C@H](C)[C@@H](O)[C@]1(C)O. The second-order valence-corrected chi connectivity index (χ2v) is 16.7. The Morgan fingerprint density at radius 3 is 2.04 bits per heavy atom. The molecular formula is C37H69NO12. The minimum atomic E-state index is -1.90. The number of ether oxygens (including phenoxy) is 6. The van der Waals surface area contributed by atoms with Crippen molar-refractivity contribution in [1.29, 1.82) is 0 Å². The lowest BCUT2D eigenvalue weighted by Crippen LogP contribution is -2.61. The van der Waals surface area contributed by atoms with Crippen molar-refractivity contribution in [2.24, 2.45) is 23.7 Å². The summed E-state index contributed by atoms with van der Waals surface area (Å²) in [6.07, 6.45) is -7.52. The van der Waals surface area contributed by atoms with Gasteiger partial charge in [0.2, 0.25) is 0 Å². The molecule has 294 valence electrons. The predicted molar refractivity (Wildman–Crippen MR) is 186 cm³/mol. The Balaban J connectivity index is 2.17. The number of hydrogen-bond acceptors (Lipinski definition) is 13. The van der Waals surface area contributed by atoms with Crippen LogP contribution in [0.5, 0.6) is 0 Å². The van der Waals surface area contributed by atoms with Crippen LogP contribution in [0.4, 0.5) is 0 Å². The van der Waals surface area contributed by atoms with Crippen LogP contribution in [0.2, 0.25) is 0 Å². The molecule has 0 aromatic rings. The van der Waals surface area contributed by atoms with Crippen molar-refractivity contribution in [3.05, 3.63) is 0 Å². The maximum atomic E-state index is 14.1. The normalized spacial score (nSPS) is 50.5. The van der Waals surface area contributed by atoms with E-state index in [4.69, 9.17) is 28.4 Å². The van der Waals surface area contributed by atoms with E-state index in [0.717, 1.165) is 0 Å². The van der Waals surface area contributed by atoms with Gasteiger partial charge in [0.05, 0.1) is 53.7 Å². The number of carbonyl (C=O) groups excluding carboxylic acids is 1. The van der Waals surface area contributed by atoms with E-state index < -0.39 is 95.6 Å². The molecule has 0 aliphatic carbocycles. The van der Waals surface area contributed by atoms with E-state index in [2.05, 4.69) is 0 Å². The number of esters is 1. The molecule has 0 radical (unpaired) electrons. The average Bonchev–Trinajstić information content (AvgIpc) is 3.02. The molecule has 0 aromatic heterocycles. The van der Waals surface area contributed by atoms with Gasteiger partial charge in [-0.15, -0.1) is 0 Å². The van der Waals surface area contributed by atoms with E-state index in [-0.39, 0.29) is 31.1 Å². The highest BCUT2D eigenvalue weighted by Gasteiger charge is 2.52. The predicted octanol–water partition coefficient (Wildman–Crippen LogP) is 2.61. The lowest BCUT2D eigenvalue weighted by molar-refractivity contribution is -0.311. The number of methoxy groups -OCH3 is 1. The lowest BCUT2D eigenvalue weighted by atomic mass is 9.73. The number of likely N-dealkylation sites (N-methyl/N-ethyl adjacent to an activating group) is 1. The number of aliphatic hydroxyl groups is 5. The maximum absolute atomic E-state index is 14.1. The molecule has 3 aliphatic heterocycles. The van der Waals surface area contributed by atoms with Crippen molar-refractivity contribution in [2.75, 3.05) is 21.2 Å². The van der Waals surface area contributed by atoms with Crippen LogP contribution < -0.4 is 0 Å². The smallest absolute Gasteiger partial charge is 0.311 e. The van der Waals surface area contributed by atoms with Crippen LogP contribution in [-0.4, -0.2) is 142 Å². The molecule has 5 N–H and O–H groups in total. The molecule has 18 atom stereocenters. The lowest BCUT2D eigenvalue weighted by Gasteiger charge is -2.49. The first-order chi connectivity index (χ1) is 23.0. The van der Waals surface area contributed by atoms with Crippen molar-refractivity contribution < 1.29 is 58.7 Å². The Morgan fingerprint density at radius 2 is 1.48 bits per heavy atom. The van der Waals surface area contributed by atoms with Crippen molar-refractivity contribution in [1.82, 2.24) is 4.90 Å². The van der Waals surface area contributed by atoms with E-state index in [1.54, 1.807) is 41.7 Å². The van der Waals surface area contributed by atoms with Crippen LogP contribution in [0.3, 0.4) is 0 Å². The Morgan fingerprint density at radius 1 is 0.860 bits per heavy atom. The fraction of sp³-hybridized carbons (Fsp3) is 0.973. The minimum absolute atomic E-state index is 0.000678. The molecule has 0 bridgehead atoms. The zero-order valence-electron chi connectivity index (χ0n) is 32.7. The molecule has 3 aliphatic rings. The zero-order valence-corrected chi connectivity index (χ0v) is 32.7. The highest BCUT2D eigenvalue weighted by Crippen LogP contribution is 2.41. The van der Waals surface area contributed by atoms with E-state index >= 15 is 0 Å². The molecule has 50 heavy (non-hydrogen) atoms. The van der Waals surface area contributed by atoms with Gasteiger partial charge in [-0.05, 0) is 80.8 Å². The molecule has 2 unspecified atom stereocenters. The molecule has 13 heteroatoms. The van der Waals surface area contributed by atoms with Gasteiger partial charge in [0.1, 0.15) is 17.8 Å². The average molecular weight is 720 g/mol. The first kappa shape index (κ1) is 43.4. The second-order valence-electron chi connectivity index (χ2n) is 16.7. The monoisotopic (exact) mass is 719 g/mol. The van der Waals surface area contributed by atoms with Gasteiger partial charge in [-0.2, -0.15) is 0 Å². The Labute approximate surface area is 299 Å². The number of aliphatic hydroxyl groups excluding tert-OH is 3. The number of rotatable bonds is 7. The molecule has 3 rings (SSSR count). The molecule has 0 spiro atoms. The molecule has 0 amide bonds. The summed E-state index contributed by atoms with van der Waals surface area (Å²) in [5, 5.41) is 58.4.